The molecule has 0 aliphatic rings. The van der Waals surface area contributed by atoms with E-state index < -0.39 is 0 Å². The highest BCUT2D eigenvalue weighted by atomic mass is 79.9. The zero-order valence-corrected chi connectivity index (χ0v) is 13.2. The maximum atomic E-state index is 12.1. The van der Waals surface area contributed by atoms with Crippen molar-refractivity contribution in [2.45, 2.75) is 45.4 Å². The lowest BCUT2D eigenvalue weighted by Gasteiger charge is -2.12. The van der Waals surface area contributed by atoms with Gasteiger partial charge in [-0.2, -0.15) is 0 Å². The van der Waals surface area contributed by atoms with E-state index >= 15 is 0 Å². The van der Waals surface area contributed by atoms with E-state index in [1.54, 1.807) is 0 Å². The van der Waals surface area contributed by atoms with E-state index in [9.17, 15) is 4.79 Å². The molecule has 100 valence electrons. The molecule has 1 rings (SSSR count). The first kappa shape index (κ1) is 15.2. The van der Waals surface area contributed by atoms with Crippen molar-refractivity contribution in [2.24, 2.45) is 0 Å². The van der Waals surface area contributed by atoms with E-state index in [0.717, 1.165) is 36.1 Å². The Bertz CT molecular complexity index is 403. The number of benzene rings is 1. The summed E-state index contributed by atoms with van der Waals surface area (Å²) in [6, 6.07) is 4.12. The third kappa shape index (κ3) is 4.45. The van der Waals surface area contributed by atoms with Gasteiger partial charge in [0.05, 0.1) is 0 Å². The van der Waals surface area contributed by atoms with Gasteiger partial charge in [0.2, 0.25) is 0 Å². The fourth-order valence-corrected chi connectivity index (χ4v) is 2.54. The molecular formula is C15H22BrNO. The molecule has 1 unspecified atom stereocenters. The van der Waals surface area contributed by atoms with E-state index in [1.807, 2.05) is 13.8 Å². The lowest BCUT2D eigenvalue weighted by Crippen LogP contribution is -2.26. The van der Waals surface area contributed by atoms with Gasteiger partial charge in [-0.15, -0.1) is 0 Å². The minimum absolute atomic E-state index is 0.0484. The second-order valence-corrected chi connectivity index (χ2v) is 6.52. The van der Waals surface area contributed by atoms with Gasteiger partial charge in [0, 0.05) is 16.9 Å². The van der Waals surface area contributed by atoms with Gasteiger partial charge in [0.25, 0.3) is 5.91 Å². The summed E-state index contributed by atoms with van der Waals surface area (Å²) in [5.74, 6) is 0.0484. The molecule has 0 fully saturated rings. The lowest BCUT2D eigenvalue weighted by molar-refractivity contribution is 0.0952. The van der Waals surface area contributed by atoms with Gasteiger partial charge in [-0.1, -0.05) is 40.5 Å². The molecule has 0 aliphatic carbocycles. The molecule has 0 radical (unpaired) electrons. The second kappa shape index (κ2) is 6.93. The average molecular weight is 312 g/mol. The van der Waals surface area contributed by atoms with E-state index in [0.29, 0.717) is 4.83 Å². The average Bonchev–Trinajstić information content (AvgIpc) is 2.22. The van der Waals surface area contributed by atoms with Crippen LogP contribution in [0.5, 0.6) is 0 Å². The Labute approximate surface area is 118 Å². The van der Waals surface area contributed by atoms with Crippen molar-refractivity contribution in [3.63, 3.8) is 0 Å². The maximum absolute atomic E-state index is 12.1. The van der Waals surface area contributed by atoms with Crippen LogP contribution >= 0.6 is 15.9 Å². The van der Waals surface area contributed by atoms with Gasteiger partial charge in [-0.05, 0) is 44.7 Å². The molecule has 0 saturated heterocycles. The van der Waals surface area contributed by atoms with Gasteiger partial charge in [-0.25, -0.2) is 0 Å². The number of amides is 1. The third-order valence-electron chi connectivity index (χ3n) is 2.97. The molecule has 1 aromatic carbocycles. The van der Waals surface area contributed by atoms with Crippen molar-refractivity contribution in [1.29, 1.82) is 0 Å². The van der Waals surface area contributed by atoms with Crippen LogP contribution in [0.2, 0.25) is 0 Å². The number of halogens is 1. The second-order valence-electron chi connectivity index (χ2n) is 4.95. The van der Waals surface area contributed by atoms with Crippen LogP contribution in [0.25, 0.3) is 0 Å². The summed E-state index contributed by atoms with van der Waals surface area (Å²) in [6.45, 7) is 8.90. The van der Waals surface area contributed by atoms with Crippen LogP contribution in [0, 0.1) is 20.8 Å². The van der Waals surface area contributed by atoms with Crippen LogP contribution < -0.4 is 5.32 Å². The zero-order chi connectivity index (χ0) is 13.7. The lowest BCUT2D eigenvalue weighted by atomic mass is 9.99. The fourth-order valence-electron chi connectivity index (χ4n) is 2.21. The number of alkyl halides is 1. The highest BCUT2D eigenvalue weighted by Gasteiger charge is 2.12. The minimum atomic E-state index is 0.0484. The predicted molar refractivity (Wildman–Crippen MR) is 80.6 cm³/mol. The molecule has 1 aromatic rings. The summed E-state index contributed by atoms with van der Waals surface area (Å²) in [5.41, 5.74) is 4.14. The number of hydrogen-bond donors (Lipinski definition) is 1. The first-order valence-electron chi connectivity index (χ1n) is 6.42. The van der Waals surface area contributed by atoms with Crippen LogP contribution in [-0.4, -0.2) is 17.3 Å². The quantitative estimate of drug-likeness (QED) is 0.648. The van der Waals surface area contributed by atoms with Gasteiger partial charge >= 0.3 is 0 Å². The van der Waals surface area contributed by atoms with Crippen molar-refractivity contribution in [3.05, 3.63) is 34.4 Å². The van der Waals surface area contributed by atoms with Crippen LogP contribution in [0.3, 0.4) is 0 Å². The van der Waals surface area contributed by atoms with Crippen LogP contribution in [0.15, 0.2) is 12.1 Å². The van der Waals surface area contributed by atoms with Gasteiger partial charge in [0.1, 0.15) is 0 Å². The Morgan fingerprint density at radius 1 is 1.28 bits per heavy atom. The molecule has 2 nitrogen and oxygen atoms in total. The first-order chi connectivity index (χ1) is 8.41. The maximum Gasteiger partial charge on any atom is 0.251 e. The monoisotopic (exact) mass is 311 g/mol. The van der Waals surface area contributed by atoms with Crippen LogP contribution in [0.1, 0.15) is 46.8 Å². The first-order valence-corrected chi connectivity index (χ1v) is 7.33. The Kier molecular flexibility index (Phi) is 5.86. The molecule has 3 heteroatoms. The molecule has 0 bridgehead atoms. The van der Waals surface area contributed by atoms with Crippen LogP contribution in [-0.2, 0) is 0 Å². The van der Waals surface area contributed by atoms with E-state index in [1.165, 1.54) is 5.56 Å². The number of nitrogens with one attached hydrogen (secondary N) is 1. The van der Waals surface area contributed by atoms with Gasteiger partial charge < -0.3 is 5.32 Å². The van der Waals surface area contributed by atoms with E-state index in [2.05, 4.69) is 47.2 Å². The number of carbonyl (C=O) groups excluding carboxylic acids is 1. The van der Waals surface area contributed by atoms with Crippen molar-refractivity contribution < 1.29 is 4.79 Å². The molecule has 0 spiro atoms. The number of hydrogen-bond acceptors (Lipinski definition) is 1. The molecule has 1 N–H and O–H groups in total. The van der Waals surface area contributed by atoms with Crippen molar-refractivity contribution in [3.8, 4) is 0 Å². The minimum Gasteiger partial charge on any atom is -0.352 e. The molecule has 0 saturated carbocycles. The van der Waals surface area contributed by atoms with Crippen molar-refractivity contribution in [2.75, 3.05) is 6.54 Å². The molecular weight excluding hydrogens is 290 g/mol. The van der Waals surface area contributed by atoms with E-state index in [-0.39, 0.29) is 5.91 Å². The highest BCUT2D eigenvalue weighted by molar-refractivity contribution is 9.09. The van der Waals surface area contributed by atoms with Gasteiger partial charge in [-0.3, -0.25) is 4.79 Å². The molecule has 18 heavy (non-hydrogen) atoms. The largest absolute Gasteiger partial charge is 0.352 e. The standard InChI is InChI=1S/C15H22BrNO/c1-10-8-11(2)14(12(3)9-10)15(18)17-7-5-6-13(4)16/h8-9,13H,5-7H2,1-4H3,(H,17,18). The zero-order valence-electron chi connectivity index (χ0n) is 11.6. The number of rotatable bonds is 5. The Morgan fingerprint density at radius 3 is 2.33 bits per heavy atom. The van der Waals surface area contributed by atoms with Crippen molar-refractivity contribution >= 4 is 21.8 Å². The third-order valence-corrected chi connectivity index (χ3v) is 3.43. The normalized spacial score (nSPS) is 12.3. The fraction of sp³-hybridized carbons (Fsp3) is 0.533. The van der Waals surface area contributed by atoms with Crippen molar-refractivity contribution in [1.82, 2.24) is 5.32 Å². The van der Waals surface area contributed by atoms with E-state index in [4.69, 9.17) is 0 Å². The summed E-state index contributed by atoms with van der Waals surface area (Å²) in [4.78, 5) is 12.6. The Morgan fingerprint density at radius 2 is 1.83 bits per heavy atom. The van der Waals surface area contributed by atoms with Crippen LogP contribution in [0.4, 0.5) is 0 Å². The molecule has 0 aromatic heterocycles. The SMILES string of the molecule is Cc1cc(C)c(C(=O)NCCCC(C)Br)c(C)c1. The summed E-state index contributed by atoms with van der Waals surface area (Å²) < 4.78 is 0. The molecule has 1 amide bonds. The number of carbonyl (C=O) groups is 1. The summed E-state index contributed by atoms with van der Waals surface area (Å²) in [5, 5.41) is 3.00. The molecule has 0 aliphatic heterocycles. The summed E-state index contributed by atoms with van der Waals surface area (Å²) in [6.07, 6.45) is 2.08. The summed E-state index contributed by atoms with van der Waals surface area (Å²) >= 11 is 3.50. The predicted octanol–water partition coefficient (Wildman–Crippen LogP) is 3.91. The number of aryl methyl sites for hydroxylation is 3. The topological polar surface area (TPSA) is 29.1 Å². The smallest absolute Gasteiger partial charge is 0.251 e. The molecule has 1 atom stereocenters. The Hall–Kier alpha value is -0.830. The summed E-state index contributed by atoms with van der Waals surface area (Å²) in [7, 11) is 0. The van der Waals surface area contributed by atoms with Gasteiger partial charge in [0.15, 0.2) is 0 Å². The Balaban J connectivity index is 2.62. The molecule has 0 heterocycles. The highest BCUT2D eigenvalue weighted by Crippen LogP contribution is 2.16.